The fourth-order valence-electron chi connectivity index (χ4n) is 7.28. The molecule has 6 aromatic carbocycles. The lowest BCUT2D eigenvalue weighted by atomic mass is 9.98. The van der Waals surface area contributed by atoms with Crippen molar-refractivity contribution in [2.45, 2.75) is 24.7 Å². The molecule has 8 rings (SSSR count). The Labute approximate surface area is 317 Å². The van der Waals surface area contributed by atoms with Crippen LogP contribution in [0.1, 0.15) is 33.4 Å². The molecule has 0 amide bonds. The molecule has 4 nitrogen and oxygen atoms in total. The molecule has 0 bridgehead atoms. The van der Waals surface area contributed by atoms with Crippen molar-refractivity contribution in [2.24, 2.45) is 0 Å². The number of nitrogens with zero attached hydrogens (tertiary/aromatic N) is 4. The molecule has 0 saturated heterocycles. The standard InChI is InChI=1S/C42H18F12N4/c43-39(44,45)24-4-8-33-28(15-24)29-16-25(40(46,47)48)5-9-34(29)57(33)37-13-23(22-3-1-2-21(12-22)19-55)14-38(32(37)20-56)58-35-10-6-26(41(49,50)51)17-30(35)31-18-27(42(52,53)54)7-11-36(31)58/h1-18H. The molecule has 0 unspecified atom stereocenters. The molecule has 0 aliphatic heterocycles. The Bertz CT molecular complexity index is 2780. The summed E-state index contributed by atoms with van der Waals surface area (Å²) in [5.41, 5.74) is -4.84. The van der Waals surface area contributed by atoms with Crippen molar-refractivity contribution < 1.29 is 52.7 Å². The summed E-state index contributed by atoms with van der Waals surface area (Å²) in [6.45, 7) is 0. The van der Waals surface area contributed by atoms with Gasteiger partial charge in [0.1, 0.15) is 11.6 Å². The summed E-state index contributed by atoms with van der Waals surface area (Å²) in [7, 11) is 0. The van der Waals surface area contributed by atoms with Gasteiger partial charge >= 0.3 is 24.7 Å². The van der Waals surface area contributed by atoms with Crippen molar-refractivity contribution >= 4 is 43.6 Å². The minimum atomic E-state index is -4.91. The Kier molecular flexibility index (Phi) is 8.37. The van der Waals surface area contributed by atoms with Crippen LogP contribution in [0.2, 0.25) is 0 Å². The molecule has 0 spiro atoms. The van der Waals surface area contributed by atoms with Gasteiger partial charge < -0.3 is 9.13 Å². The molecule has 8 aromatic rings. The Hall–Kier alpha value is -6.94. The van der Waals surface area contributed by atoms with E-state index in [2.05, 4.69) is 0 Å². The first-order chi connectivity index (χ1) is 27.2. The maximum absolute atomic E-state index is 14.0. The first-order valence-corrected chi connectivity index (χ1v) is 16.7. The van der Waals surface area contributed by atoms with Gasteiger partial charge in [0.2, 0.25) is 0 Å². The van der Waals surface area contributed by atoms with Gasteiger partial charge in [0.15, 0.2) is 0 Å². The number of halogens is 12. The van der Waals surface area contributed by atoms with Gasteiger partial charge in [0, 0.05) is 21.5 Å². The predicted molar refractivity (Wildman–Crippen MR) is 190 cm³/mol. The van der Waals surface area contributed by atoms with E-state index in [9.17, 15) is 63.2 Å². The summed E-state index contributed by atoms with van der Waals surface area (Å²) in [5.74, 6) is 0. The van der Waals surface area contributed by atoms with Crippen molar-refractivity contribution in [2.75, 3.05) is 0 Å². The van der Waals surface area contributed by atoms with Crippen LogP contribution < -0.4 is 0 Å². The first kappa shape index (κ1) is 38.0. The predicted octanol–water partition coefficient (Wildman–Crippen LogP) is 13.4. The van der Waals surface area contributed by atoms with Gasteiger partial charge in [-0.05, 0) is 108 Å². The van der Waals surface area contributed by atoms with E-state index in [4.69, 9.17) is 0 Å². The van der Waals surface area contributed by atoms with E-state index in [1.165, 1.54) is 39.5 Å². The average molecular weight is 807 g/mol. The summed E-state index contributed by atoms with van der Waals surface area (Å²) in [6, 6.07) is 22.4. The van der Waals surface area contributed by atoms with Gasteiger partial charge in [-0.15, -0.1) is 0 Å². The Morgan fingerprint density at radius 2 is 0.724 bits per heavy atom. The zero-order chi connectivity index (χ0) is 41.7. The van der Waals surface area contributed by atoms with E-state index in [1.807, 2.05) is 12.1 Å². The van der Waals surface area contributed by atoms with Gasteiger partial charge in [-0.25, -0.2) is 0 Å². The zero-order valence-corrected chi connectivity index (χ0v) is 28.7. The average Bonchev–Trinajstić information content (AvgIpc) is 3.67. The summed E-state index contributed by atoms with van der Waals surface area (Å²) < 4.78 is 171. The van der Waals surface area contributed by atoms with Gasteiger partial charge in [-0.1, -0.05) is 12.1 Å². The normalized spacial score (nSPS) is 12.8. The number of aromatic nitrogens is 2. The maximum atomic E-state index is 14.0. The van der Waals surface area contributed by atoms with Gasteiger partial charge in [0.05, 0.1) is 67.3 Å². The third-order valence-corrected chi connectivity index (χ3v) is 9.85. The highest BCUT2D eigenvalue weighted by atomic mass is 19.4. The Balaban J connectivity index is 1.55. The Morgan fingerprint density at radius 1 is 0.379 bits per heavy atom. The van der Waals surface area contributed by atoms with Crippen molar-refractivity contribution in [3.63, 3.8) is 0 Å². The molecule has 0 fully saturated rings. The molecular weight excluding hydrogens is 788 g/mol. The zero-order valence-electron chi connectivity index (χ0n) is 28.7. The van der Waals surface area contributed by atoms with Gasteiger partial charge in [0.25, 0.3) is 0 Å². The topological polar surface area (TPSA) is 57.4 Å². The highest BCUT2D eigenvalue weighted by Crippen LogP contribution is 2.45. The fourth-order valence-corrected chi connectivity index (χ4v) is 7.28. The summed E-state index contributed by atoms with van der Waals surface area (Å²) in [5, 5.41) is 19.5. The van der Waals surface area contributed by atoms with E-state index in [1.54, 1.807) is 6.07 Å². The number of hydrogen-bond acceptors (Lipinski definition) is 2. The molecule has 290 valence electrons. The van der Waals surface area contributed by atoms with Crippen LogP contribution in [-0.2, 0) is 24.7 Å². The highest BCUT2D eigenvalue weighted by molar-refractivity contribution is 6.12. The van der Waals surface area contributed by atoms with Crippen LogP contribution in [0.25, 0.3) is 66.1 Å². The number of alkyl halides is 12. The minimum absolute atomic E-state index is 0.0699. The molecule has 16 heteroatoms. The molecule has 2 aromatic heterocycles. The number of fused-ring (bicyclic) bond motifs is 6. The molecule has 58 heavy (non-hydrogen) atoms. The Morgan fingerprint density at radius 3 is 1.02 bits per heavy atom. The molecule has 0 aliphatic rings. The minimum Gasteiger partial charge on any atom is -0.308 e. The molecule has 2 heterocycles. The van der Waals surface area contributed by atoms with Crippen molar-refractivity contribution in [1.82, 2.24) is 9.13 Å². The van der Waals surface area contributed by atoms with Crippen LogP contribution in [0, 0.1) is 22.7 Å². The van der Waals surface area contributed by atoms with Crippen LogP contribution in [0.5, 0.6) is 0 Å². The largest absolute Gasteiger partial charge is 0.416 e. The first-order valence-electron chi connectivity index (χ1n) is 16.7. The molecule has 0 radical (unpaired) electrons. The fraction of sp³-hybridized carbons (Fsp3) is 0.0952. The molecule has 0 aliphatic carbocycles. The lowest BCUT2D eigenvalue weighted by Gasteiger charge is -2.19. The van der Waals surface area contributed by atoms with Crippen LogP contribution in [0.15, 0.2) is 109 Å². The second-order valence-corrected chi connectivity index (χ2v) is 13.3. The van der Waals surface area contributed by atoms with Crippen molar-refractivity contribution in [3.05, 3.63) is 143 Å². The van der Waals surface area contributed by atoms with Crippen LogP contribution >= 0.6 is 0 Å². The summed E-state index contributed by atoms with van der Waals surface area (Å²) in [6.07, 6.45) is -19.6. The van der Waals surface area contributed by atoms with E-state index in [0.717, 1.165) is 24.3 Å². The number of hydrogen-bond donors (Lipinski definition) is 0. The van der Waals surface area contributed by atoms with Crippen molar-refractivity contribution in [3.8, 4) is 34.6 Å². The third kappa shape index (κ3) is 6.21. The third-order valence-electron chi connectivity index (χ3n) is 9.85. The monoisotopic (exact) mass is 806 g/mol. The van der Waals surface area contributed by atoms with Crippen molar-refractivity contribution in [1.29, 1.82) is 10.5 Å². The second-order valence-electron chi connectivity index (χ2n) is 13.3. The summed E-state index contributed by atoms with van der Waals surface area (Å²) in [4.78, 5) is 0. The molecule has 0 atom stereocenters. The highest BCUT2D eigenvalue weighted by Gasteiger charge is 2.36. The van der Waals surface area contributed by atoms with E-state index in [0.29, 0.717) is 54.1 Å². The second kappa shape index (κ2) is 12.8. The summed E-state index contributed by atoms with van der Waals surface area (Å²) >= 11 is 0. The van der Waals surface area contributed by atoms with E-state index in [-0.39, 0.29) is 71.7 Å². The number of benzene rings is 6. The molecule has 0 N–H and O–H groups in total. The van der Waals surface area contributed by atoms with Crippen LogP contribution in [0.3, 0.4) is 0 Å². The lowest BCUT2D eigenvalue weighted by molar-refractivity contribution is -0.138. The van der Waals surface area contributed by atoms with E-state index >= 15 is 0 Å². The maximum Gasteiger partial charge on any atom is 0.416 e. The number of nitriles is 2. The SMILES string of the molecule is N#Cc1cccc(-c2cc(-n3c4ccc(C(F)(F)F)cc4c4cc(C(F)(F)F)ccc43)c(C#N)c(-n3c4ccc(C(F)(F)F)cc4c4cc(C(F)(F)F)ccc43)c2)c1. The van der Waals surface area contributed by atoms with E-state index < -0.39 is 47.0 Å². The van der Waals surface area contributed by atoms with Gasteiger partial charge in [-0.2, -0.15) is 63.2 Å². The lowest BCUT2D eigenvalue weighted by Crippen LogP contribution is -2.07. The molecular formula is C42H18F12N4. The van der Waals surface area contributed by atoms with Gasteiger partial charge in [-0.3, -0.25) is 0 Å². The molecule has 0 saturated carbocycles. The van der Waals surface area contributed by atoms with Crippen LogP contribution in [0.4, 0.5) is 52.7 Å². The number of rotatable bonds is 3. The van der Waals surface area contributed by atoms with Crippen LogP contribution in [-0.4, -0.2) is 9.13 Å². The quantitative estimate of drug-likeness (QED) is 0.167. The smallest absolute Gasteiger partial charge is 0.308 e.